The molecule has 3 nitrogen and oxygen atoms in total. The first-order valence-corrected chi connectivity index (χ1v) is 13.0. The first-order chi connectivity index (χ1) is 16.1. The minimum absolute atomic E-state index is 0.337. The van der Waals surface area contributed by atoms with Crippen molar-refractivity contribution in [1.29, 1.82) is 5.26 Å². The molecule has 2 aromatic carbocycles. The number of unbranched alkanes of at least 4 members (excludes halogenated alkanes) is 4. The van der Waals surface area contributed by atoms with Gasteiger partial charge in [0.25, 0.3) is 0 Å². The van der Waals surface area contributed by atoms with E-state index in [1.165, 1.54) is 63.4 Å². The Bertz CT molecular complexity index is 917. The van der Waals surface area contributed by atoms with E-state index in [0.29, 0.717) is 22.8 Å². The summed E-state index contributed by atoms with van der Waals surface area (Å²) >= 11 is 0. The molecule has 0 radical (unpaired) electrons. The number of nitrogens with zero attached hydrogens (tertiary/aromatic N) is 1. The molecule has 0 atom stereocenters. The number of carbonyl (C=O) groups is 1. The number of ether oxygens (including phenoxy) is 1. The van der Waals surface area contributed by atoms with Gasteiger partial charge in [-0.3, -0.25) is 0 Å². The van der Waals surface area contributed by atoms with Crippen LogP contribution in [0.3, 0.4) is 0 Å². The summed E-state index contributed by atoms with van der Waals surface area (Å²) in [6.07, 6.45) is 15.1. The van der Waals surface area contributed by atoms with Crippen LogP contribution in [0, 0.1) is 17.2 Å². The summed E-state index contributed by atoms with van der Waals surface area (Å²) in [6, 6.07) is 15.6. The van der Waals surface area contributed by atoms with Gasteiger partial charge in [0.05, 0.1) is 11.1 Å². The number of aryl methyl sites for hydroxylation is 1. The van der Waals surface area contributed by atoms with Gasteiger partial charge in [-0.1, -0.05) is 70.6 Å². The second-order valence-corrected chi connectivity index (χ2v) is 9.62. The van der Waals surface area contributed by atoms with Crippen molar-refractivity contribution in [2.75, 3.05) is 0 Å². The lowest BCUT2D eigenvalue weighted by molar-refractivity contribution is 0.0734. The number of hydrogen-bond acceptors (Lipinski definition) is 3. The lowest BCUT2D eigenvalue weighted by atomic mass is 9.77. The number of nitriles is 1. The van der Waals surface area contributed by atoms with Crippen molar-refractivity contribution in [1.82, 2.24) is 0 Å². The van der Waals surface area contributed by atoms with E-state index in [4.69, 9.17) is 4.74 Å². The lowest BCUT2D eigenvalue weighted by Gasteiger charge is -2.29. The van der Waals surface area contributed by atoms with Gasteiger partial charge in [0.1, 0.15) is 11.8 Å². The van der Waals surface area contributed by atoms with Crippen molar-refractivity contribution < 1.29 is 9.53 Å². The molecule has 0 unspecified atom stereocenters. The predicted molar refractivity (Wildman–Crippen MR) is 135 cm³/mol. The molecule has 0 amide bonds. The van der Waals surface area contributed by atoms with E-state index in [1.54, 1.807) is 6.07 Å². The van der Waals surface area contributed by atoms with Gasteiger partial charge in [-0.2, -0.15) is 5.26 Å². The number of carbonyl (C=O) groups excluding carboxylic acids is 1. The summed E-state index contributed by atoms with van der Waals surface area (Å²) in [5.74, 6) is 1.43. The molecular formula is C30H39NO2. The monoisotopic (exact) mass is 445 g/mol. The Morgan fingerprint density at radius 3 is 2.33 bits per heavy atom. The fourth-order valence-electron chi connectivity index (χ4n) is 4.98. The standard InChI is InChI=1S/C30H39NO2/c1-3-5-7-8-10-23-11-14-25(15-12-23)26-16-18-27(19-17-26)30(32)33-29-20-13-24(9-6-4-2)21-28(29)22-31/h13,16-21,23,25H,3-12,14-15H2,1-2H3. The number of esters is 1. The predicted octanol–water partition coefficient (Wildman–Crippen LogP) is 8.36. The van der Waals surface area contributed by atoms with Crippen LogP contribution < -0.4 is 4.74 Å². The van der Waals surface area contributed by atoms with Crippen molar-refractivity contribution in [3.05, 3.63) is 64.7 Å². The highest BCUT2D eigenvalue weighted by molar-refractivity contribution is 5.91. The van der Waals surface area contributed by atoms with Gasteiger partial charge >= 0.3 is 5.97 Å². The van der Waals surface area contributed by atoms with Gasteiger partial charge in [-0.15, -0.1) is 0 Å². The fraction of sp³-hybridized carbons (Fsp3) is 0.533. The van der Waals surface area contributed by atoms with Crippen LogP contribution in [0.1, 0.15) is 117 Å². The topological polar surface area (TPSA) is 50.1 Å². The minimum atomic E-state index is -0.407. The van der Waals surface area contributed by atoms with Crippen LogP contribution in [-0.4, -0.2) is 5.97 Å². The SMILES string of the molecule is CCCCCCC1CCC(c2ccc(C(=O)Oc3ccc(CCCC)cc3C#N)cc2)CC1. The average molecular weight is 446 g/mol. The molecule has 1 saturated carbocycles. The summed E-state index contributed by atoms with van der Waals surface area (Å²) in [5.41, 5.74) is 3.38. The van der Waals surface area contributed by atoms with E-state index in [9.17, 15) is 10.1 Å². The second kappa shape index (κ2) is 13.2. The normalized spacial score (nSPS) is 18.0. The molecule has 0 spiro atoms. The third kappa shape index (κ3) is 7.46. The summed E-state index contributed by atoms with van der Waals surface area (Å²) in [7, 11) is 0. The largest absolute Gasteiger partial charge is 0.422 e. The van der Waals surface area contributed by atoms with Crippen LogP contribution in [0.4, 0.5) is 0 Å². The molecule has 3 rings (SSSR count). The van der Waals surface area contributed by atoms with Crippen LogP contribution >= 0.6 is 0 Å². The molecular weight excluding hydrogens is 406 g/mol. The summed E-state index contributed by atoms with van der Waals surface area (Å²) < 4.78 is 5.57. The highest BCUT2D eigenvalue weighted by Crippen LogP contribution is 2.38. The number of benzene rings is 2. The van der Waals surface area contributed by atoms with Crippen molar-refractivity contribution in [2.24, 2.45) is 5.92 Å². The second-order valence-electron chi connectivity index (χ2n) is 9.62. The van der Waals surface area contributed by atoms with Gasteiger partial charge in [-0.05, 0) is 85.8 Å². The van der Waals surface area contributed by atoms with Gasteiger partial charge in [0.2, 0.25) is 0 Å². The summed E-state index contributed by atoms with van der Waals surface area (Å²) in [5, 5.41) is 9.48. The van der Waals surface area contributed by atoms with Crippen molar-refractivity contribution >= 4 is 5.97 Å². The molecule has 2 aromatic rings. The maximum atomic E-state index is 12.7. The molecule has 3 heteroatoms. The zero-order valence-electron chi connectivity index (χ0n) is 20.4. The smallest absolute Gasteiger partial charge is 0.343 e. The van der Waals surface area contributed by atoms with E-state index >= 15 is 0 Å². The summed E-state index contributed by atoms with van der Waals surface area (Å²) in [6.45, 7) is 4.42. The minimum Gasteiger partial charge on any atom is -0.422 e. The van der Waals surface area contributed by atoms with E-state index in [-0.39, 0.29) is 0 Å². The average Bonchev–Trinajstić information content (AvgIpc) is 2.86. The summed E-state index contributed by atoms with van der Waals surface area (Å²) in [4.78, 5) is 12.7. The zero-order chi connectivity index (χ0) is 23.5. The highest BCUT2D eigenvalue weighted by atomic mass is 16.5. The van der Waals surface area contributed by atoms with Crippen LogP contribution in [0.2, 0.25) is 0 Å². The molecule has 33 heavy (non-hydrogen) atoms. The van der Waals surface area contributed by atoms with Gasteiger partial charge in [0.15, 0.2) is 0 Å². The van der Waals surface area contributed by atoms with E-state index in [0.717, 1.165) is 30.7 Å². The first-order valence-electron chi connectivity index (χ1n) is 13.0. The maximum Gasteiger partial charge on any atom is 0.343 e. The Hall–Kier alpha value is -2.60. The molecule has 176 valence electrons. The molecule has 0 N–H and O–H groups in total. The Kier molecular flexibility index (Phi) is 10.0. The van der Waals surface area contributed by atoms with Crippen molar-refractivity contribution in [3.8, 4) is 11.8 Å². The molecule has 0 saturated heterocycles. The van der Waals surface area contributed by atoms with Gasteiger partial charge in [0, 0.05) is 0 Å². The van der Waals surface area contributed by atoms with Crippen LogP contribution in [-0.2, 0) is 6.42 Å². The van der Waals surface area contributed by atoms with Gasteiger partial charge in [-0.25, -0.2) is 4.79 Å². The van der Waals surface area contributed by atoms with Crippen LogP contribution in [0.15, 0.2) is 42.5 Å². The van der Waals surface area contributed by atoms with Crippen LogP contribution in [0.5, 0.6) is 5.75 Å². The molecule has 1 fully saturated rings. The third-order valence-electron chi connectivity index (χ3n) is 7.12. The first kappa shape index (κ1) is 25.0. The Labute approximate surface area is 200 Å². The highest BCUT2D eigenvalue weighted by Gasteiger charge is 2.22. The molecule has 1 aliphatic rings. The lowest BCUT2D eigenvalue weighted by Crippen LogP contribution is -2.14. The molecule has 0 heterocycles. The van der Waals surface area contributed by atoms with Crippen LogP contribution in [0.25, 0.3) is 0 Å². The molecule has 0 aromatic heterocycles. The molecule has 0 aliphatic heterocycles. The zero-order valence-corrected chi connectivity index (χ0v) is 20.4. The van der Waals surface area contributed by atoms with E-state index in [2.05, 4.69) is 32.0 Å². The van der Waals surface area contributed by atoms with E-state index < -0.39 is 5.97 Å². The Morgan fingerprint density at radius 1 is 0.939 bits per heavy atom. The Balaban J connectivity index is 1.53. The number of hydrogen-bond donors (Lipinski definition) is 0. The Morgan fingerprint density at radius 2 is 1.67 bits per heavy atom. The quantitative estimate of drug-likeness (QED) is 0.198. The fourth-order valence-corrected chi connectivity index (χ4v) is 4.98. The maximum absolute atomic E-state index is 12.7. The van der Waals surface area contributed by atoms with Crippen molar-refractivity contribution in [3.63, 3.8) is 0 Å². The van der Waals surface area contributed by atoms with E-state index in [1.807, 2.05) is 24.3 Å². The molecule has 1 aliphatic carbocycles. The van der Waals surface area contributed by atoms with Gasteiger partial charge < -0.3 is 4.74 Å². The third-order valence-corrected chi connectivity index (χ3v) is 7.12. The number of rotatable bonds is 11. The van der Waals surface area contributed by atoms with Crippen molar-refractivity contribution in [2.45, 2.75) is 96.8 Å². The molecule has 0 bridgehead atoms.